The standard InChI is InChI=1S/C21H30N2O3/c1-14(2)26-19-17(4-3-5-22-19)12-23-18(24)11-20-7-15-6-16(8-20)10-21(25,9-15)13-20/h3-5,14-16,25H,6-13H2,1-2H3,(H,23,24). The third-order valence-corrected chi connectivity index (χ3v) is 6.36. The van der Waals surface area contributed by atoms with Crippen molar-refractivity contribution in [1.82, 2.24) is 10.3 Å². The molecule has 1 heterocycles. The zero-order chi connectivity index (χ0) is 18.4. The molecule has 1 aromatic heterocycles. The maximum absolute atomic E-state index is 12.7. The summed E-state index contributed by atoms with van der Waals surface area (Å²) in [6.07, 6.45) is 8.43. The number of carbonyl (C=O) groups excluding carboxylic acids is 1. The van der Waals surface area contributed by atoms with Crippen molar-refractivity contribution in [3.63, 3.8) is 0 Å². The van der Waals surface area contributed by atoms with Crippen molar-refractivity contribution in [2.75, 3.05) is 0 Å². The van der Waals surface area contributed by atoms with Crippen molar-refractivity contribution >= 4 is 5.91 Å². The molecule has 5 heteroatoms. The first kappa shape index (κ1) is 17.8. The zero-order valence-corrected chi connectivity index (χ0v) is 15.8. The molecule has 4 bridgehead atoms. The largest absolute Gasteiger partial charge is 0.475 e. The fourth-order valence-electron chi connectivity index (χ4n) is 6.09. The van der Waals surface area contributed by atoms with Crippen LogP contribution < -0.4 is 10.1 Å². The van der Waals surface area contributed by atoms with Crippen molar-refractivity contribution in [2.45, 2.75) is 77.0 Å². The number of pyridine rings is 1. The van der Waals surface area contributed by atoms with Crippen molar-refractivity contribution in [1.29, 1.82) is 0 Å². The summed E-state index contributed by atoms with van der Waals surface area (Å²) in [6.45, 7) is 4.37. The predicted octanol–water partition coefficient (Wildman–Crippen LogP) is 3.21. The van der Waals surface area contributed by atoms with Crippen LogP contribution in [0.3, 0.4) is 0 Å². The molecule has 0 aliphatic heterocycles. The van der Waals surface area contributed by atoms with E-state index in [1.54, 1.807) is 6.20 Å². The smallest absolute Gasteiger partial charge is 0.220 e. The lowest BCUT2D eigenvalue weighted by atomic mass is 9.47. The lowest BCUT2D eigenvalue weighted by Crippen LogP contribution is -2.56. The number of carbonyl (C=O) groups is 1. The van der Waals surface area contributed by atoms with Crippen LogP contribution in [0.15, 0.2) is 18.3 Å². The summed E-state index contributed by atoms with van der Waals surface area (Å²) in [5.41, 5.74) is 0.403. The molecule has 2 unspecified atom stereocenters. The molecule has 0 radical (unpaired) electrons. The molecule has 4 fully saturated rings. The van der Waals surface area contributed by atoms with Crippen LogP contribution in [0, 0.1) is 17.3 Å². The first-order valence-electron chi connectivity index (χ1n) is 9.94. The Morgan fingerprint density at radius 1 is 1.35 bits per heavy atom. The Bertz CT molecular complexity index is 674. The van der Waals surface area contributed by atoms with Gasteiger partial charge in [-0.2, -0.15) is 0 Å². The van der Waals surface area contributed by atoms with E-state index in [1.165, 1.54) is 6.42 Å². The molecular formula is C21H30N2O3. The van der Waals surface area contributed by atoms with Crippen molar-refractivity contribution in [3.05, 3.63) is 23.9 Å². The van der Waals surface area contributed by atoms with Crippen LogP contribution in [-0.2, 0) is 11.3 Å². The van der Waals surface area contributed by atoms with Crippen molar-refractivity contribution in [3.8, 4) is 5.88 Å². The van der Waals surface area contributed by atoms with Gasteiger partial charge < -0.3 is 15.2 Å². The maximum atomic E-state index is 12.7. The number of amides is 1. The van der Waals surface area contributed by atoms with E-state index in [4.69, 9.17) is 4.74 Å². The first-order valence-corrected chi connectivity index (χ1v) is 9.94. The highest BCUT2D eigenvalue weighted by molar-refractivity contribution is 5.76. The summed E-state index contributed by atoms with van der Waals surface area (Å²) in [4.78, 5) is 17.0. The summed E-state index contributed by atoms with van der Waals surface area (Å²) < 4.78 is 5.73. The van der Waals surface area contributed by atoms with Gasteiger partial charge >= 0.3 is 0 Å². The van der Waals surface area contributed by atoms with Gasteiger partial charge in [0.1, 0.15) is 0 Å². The second-order valence-corrected chi connectivity index (χ2v) is 9.27. The monoisotopic (exact) mass is 358 g/mol. The van der Waals surface area contributed by atoms with Gasteiger partial charge in [0.25, 0.3) is 0 Å². The summed E-state index contributed by atoms with van der Waals surface area (Å²) in [5, 5.41) is 13.9. The SMILES string of the molecule is CC(C)Oc1ncccc1CNC(=O)CC12CC3CC(CC(O)(C3)C1)C2. The summed E-state index contributed by atoms with van der Waals surface area (Å²) >= 11 is 0. The molecule has 4 aliphatic carbocycles. The number of nitrogens with one attached hydrogen (secondary N) is 1. The predicted molar refractivity (Wildman–Crippen MR) is 98.5 cm³/mol. The minimum Gasteiger partial charge on any atom is -0.475 e. The molecule has 4 aliphatic rings. The second kappa shape index (κ2) is 6.52. The normalized spacial score (nSPS) is 34.9. The molecule has 142 valence electrons. The minimum absolute atomic E-state index is 0.00904. The number of ether oxygens (including phenoxy) is 1. The van der Waals surface area contributed by atoms with E-state index in [9.17, 15) is 9.90 Å². The van der Waals surface area contributed by atoms with E-state index in [-0.39, 0.29) is 17.4 Å². The third-order valence-electron chi connectivity index (χ3n) is 6.36. The third kappa shape index (κ3) is 3.59. The average Bonchev–Trinajstić information content (AvgIpc) is 2.50. The van der Waals surface area contributed by atoms with Crippen LogP contribution in [0.5, 0.6) is 5.88 Å². The fraction of sp³-hybridized carbons (Fsp3) is 0.714. The van der Waals surface area contributed by atoms with Crippen LogP contribution in [0.2, 0.25) is 0 Å². The summed E-state index contributed by atoms with van der Waals surface area (Å²) in [6, 6.07) is 3.81. The maximum Gasteiger partial charge on any atom is 0.220 e. The number of rotatable bonds is 6. The van der Waals surface area contributed by atoms with Crippen LogP contribution in [0.1, 0.15) is 64.4 Å². The van der Waals surface area contributed by atoms with Gasteiger partial charge in [-0.1, -0.05) is 6.07 Å². The number of aromatic nitrogens is 1. The van der Waals surface area contributed by atoms with Crippen LogP contribution in [0.25, 0.3) is 0 Å². The Hall–Kier alpha value is -1.62. The van der Waals surface area contributed by atoms with Gasteiger partial charge in [0, 0.05) is 24.7 Å². The van der Waals surface area contributed by atoms with Gasteiger partial charge in [-0.3, -0.25) is 4.79 Å². The molecule has 4 saturated carbocycles. The lowest BCUT2D eigenvalue weighted by Gasteiger charge is -2.60. The van der Waals surface area contributed by atoms with Crippen LogP contribution in [-0.4, -0.2) is 27.7 Å². The summed E-state index contributed by atoms with van der Waals surface area (Å²) in [7, 11) is 0. The summed E-state index contributed by atoms with van der Waals surface area (Å²) in [5.74, 6) is 1.89. The first-order chi connectivity index (χ1) is 12.3. The number of nitrogens with zero attached hydrogens (tertiary/aromatic N) is 1. The Labute approximate surface area is 155 Å². The molecule has 0 spiro atoms. The lowest BCUT2D eigenvalue weighted by molar-refractivity contribution is -0.169. The van der Waals surface area contributed by atoms with Gasteiger partial charge in [0.15, 0.2) is 0 Å². The molecule has 1 amide bonds. The quantitative estimate of drug-likeness (QED) is 0.819. The van der Waals surface area contributed by atoms with E-state index in [2.05, 4.69) is 10.3 Å². The van der Waals surface area contributed by atoms with E-state index in [0.29, 0.717) is 30.7 Å². The molecular weight excluding hydrogens is 328 g/mol. The Morgan fingerprint density at radius 2 is 2.08 bits per heavy atom. The molecule has 5 rings (SSSR count). The minimum atomic E-state index is -0.508. The van der Waals surface area contributed by atoms with E-state index < -0.39 is 5.60 Å². The molecule has 26 heavy (non-hydrogen) atoms. The van der Waals surface area contributed by atoms with Gasteiger partial charge in [0.2, 0.25) is 11.8 Å². The van der Waals surface area contributed by atoms with Crippen LogP contribution in [0.4, 0.5) is 0 Å². The molecule has 5 nitrogen and oxygen atoms in total. The second-order valence-electron chi connectivity index (χ2n) is 9.27. The number of aliphatic hydroxyl groups is 1. The highest BCUT2D eigenvalue weighted by Gasteiger charge is 2.57. The Morgan fingerprint density at radius 3 is 2.73 bits per heavy atom. The van der Waals surface area contributed by atoms with Gasteiger partial charge in [0.05, 0.1) is 11.7 Å². The van der Waals surface area contributed by atoms with Crippen molar-refractivity contribution in [2.24, 2.45) is 17.3 Å². The molecule has 1 aromatic rings. The van der Waals surface area contributed by atoms with E-state index >= 15 is 0 Å². The topological polar surface area (TPSA) is 71.5 Å². The number of hydrogen-bond donors (Lipinski definition) is 2. The highest BCUT2D eigenvalue weighted by atomic mass is 16.5. The van der Waals surface area contributed by atoms with Crippen molar-refractivity contribution < 1.29 is 14.6 Å². The zero-order valence-electron chi connectivity index (χ0n) is 15.8. The molecule has 0 saturated heterocycles. The molecule has 2 atom stereocenters. The van der Waals surface area contributed by atoms with E-state index in [1.807, 2.05) is 26.0 Å². The van der Waals surface area contributed by atoms with Crippen LogP contribution >= 0.6 is 0 Å². The molecule has 0 aromatic carbocycles. The number of hydrogen-bond acceptors (Lipinski definition) is 4. The fourth-order valence-corrected chi connectivity index (χ4v) is 6.09. The van der Waals surface area contributed by atoms with Gasteiger partial charge in [-0.25, -0.2) is 4.98 Å². The Balaban J connectivity index is 1.38. The highest BCUT2D eigenvalue weighted by Crippen LogP contribution is 2.62. The average molecular weight is 358 g/mol. The van der Waals surface area contributed by atoms with Gasteiger partial charge in [-0.05, 0) is 75.7 Å². The van der Waals surface area contributed by atoms with Gasteiger partial charge in [-0.15, -0.1) is 0 Å². The van der Waals surface area contributed by atoms with E-state index in [0.717, 1.165) is 37.7 Å². The molecule has 2 N–H and O–H groups in total. The Kier molecular flexibility index (Phi) is 4.46.